The lowest BCUT2D eigenvalue weighted by atomic mass is 10.1. The fourth-order valence-electron chi connectivity index (χ4n) is 2.10. The van der Waals surface area contributed by atoms with E-state index in [9.17, 15) is 0 Å². The van der Waals surface area contributed by atoms with Gasteiger partial charge >= 0.3 is 0 Å². The molecule has 0 spiro atoms. The molecule has 2 aromatic heterocycles. The molecule has 2 heterocycles. The van der Waals surface area contributed by atoms with Gasteiger partial charge in [0.2, 0.25) is 0 Å². The maximum absolute atomic E-state index is 6.17. The van der Waals surface area contributed by atoms with Gasteiger partial charge in [-0.15, -0.1) is 0 Å². The summed E-state index contributed by atoms with van der Waals surface area (Å²) in [6.45, 7) is 0.523. The highest BCUT2D eigenvalue weighted by Gasteiger charge is 2.10. The van der Waals surface area contributed by atoms with Crippen LogP contribution in [0.4, 0.5) is 5.82 Å². The van der Waals surface area contributed by atoms with Gasteiger partial charge in [-0.05, 0) is 18.2 Å². The summed E-state index contributed by atoms with van der Waals surface area (Å²) >= 11 is 0. The Morgan fingerprint density at radius 3 is 2.50 bits per heavy atom. The Morgan fingerprint density at radius 1 is 0.909 bits per heavy atom. The number of rotatable bonds is 5. The number of hydrogen-bond acceptors (Lipinski definition) is 5. The minimum absolute atomic E-state index is 0.300. The van der Waals surface area contributed by atoms with E-state index in [0.29, 0.717) is 12.4 Å². The molecule has 0 aliphatic carbocycles. The molecule has 0 amide bonds. The summed E-state index contributed by atoms with van der Waals surface area (Å²) in [6, 6.07) is 17.3. The third kappa shape index (κ3) is 3.45. The Bertz CT molecular complexity index is 715. The van der Waals surface area contributed by atoms with Crippen molar-refractivity contribution in [3.8, 4) is 11.3 Å². The zero-order valence-electron chi connectivity index (χ0n) is 12.1. The highest BCUT2D eigenvalue weighted by molar-refractivity contribution is 5.58. The molecule has 0 saturated heterocycles. The molecule has 3 aromatic rings. The van der Waals surface area contributed by atoms with Crippen molar-refractivity contribution >= 4 is 5.82 Å². The largest absolute Gasteiger partial charge is 0.368 e. The molecule has 3 rings (SSSR count). The summed E-state index contributed by atoms with van der Waals surface area (Å²) in [6.07, 6.45) is 3.48. The Kier molecular flexibility index (Phi) is 4.36. The molecular formula is C17H17N5. The van der Waals surface area contributed by atoms with Gasteiger partial charge in [0.05, 0.1) is 11.7 Å². The molecule has 5 heteroatoms. The van der Waals surface area contributed by atoms with Crippen LogP contribution in [-0.2, 0) is 0 Å². The Hall–Kier alpha value is -2.79. The zero-order chi connectivity index (χ0) is 15.2. The first-order valence-corrected chi connectivity index (χ1v) is 7.12. The molecule has 0 saturated carbocycles. The molecule has 5 nitrogen and oxygen atoms in total. The minimum Gasteiger partial charge on any atom is -0.368 e. The van der Waals surface area contributed by atoms with Crippen LogP contribution in [0.2, 0.25) is 0 Å². The summed E-state index contributed by atoms with van der Waals surface area (Å²) in [4.78, 5) is 13.0. The summed E-state index contributed by atoms with van der Waals surface area (Å²) in [7, 11) is 0. The second kappa shape index (κ2) is 6.78. The maximum atomic E-state index is 6.17. The van der Waals surface area contributed by atoms with E-state index in [0.717, 1.165) is 17.1 Å². The van der Waals surface area contributed by atoms with E-state index >= 15 is 0 Å². The van der Waals surface area contributed by atoms with Gasteiger partial charge in [0.25, 0.3) is 0 Å². The smallest absolute Gasteiger partial charge is 0.147 e. The standard InChI is InChI=1S/C17H17N5/c18-14(12-21-16-8-4-5-10-19-16)17-20-11-9-15(22-17)13-6-2-1-3-7-13/h1-11,14H,12,18H2,(H,19,21). The van der Waals surface area contributed by atoms with Crippen LogP contribution in [0.5, 0.6) is 0 Å². The van der Waals surface area contributed by atoms with Gasteiger partial charge in [-0.2, -0.15) is 0 Å². The molecule has 0 radical (unpaired) electrons. The van der Waals surface area contributed by atoms with Gasteiger partial charge < -0.3 is 11.1 Å². The van der Waals surface area contributed by atoms with Gasteiger partial charge in [0.1, 0.15) is 11.6 Å². The quantitative estimate of drug-likeness (QED) is 0.755. The highest BCUT2D eigenvalue weighted by atomic mass is 15.0. The van der Waals surface area contributed by atoms with Crippen LogP contribution in [0.1, 0.15) is 11.9 Å². The number of hydrogen-bond donors (Lipinski definition) is 2. The molecule has 3 N–H and O–H groups in total. The van der Waals surface area contributed by atoms with Crippen molar-refractivity contribution in [3.63, 3.8) is 0 Å². The van der Waals surface area contributed by atoms with Crippen LogP contribution in [0.3, 0.4) is 0 Å². The Balaban J connectivity index is 1.72. The molecule has 1 unspecified atom stereocenters. The Morgan fingerprint density at radius 2 is 1.73 bits per heavy atom. The number of nitrogens with one attached hydrogen (secondary N) is 1. The minimum atomic E-state index is -0.300. The molecule has 22 heavy (non-hydrogen) atoms. The van der Waals surface area contributed by atoms with Crippen LogP contribution >= 0.6 is 0 Å². The molecule has 0 aliphatic rings. The van der Waals surface area contributed by atoms with E-state index < -0.39 is 0 Å². The molecule has 1 atom stereocenters. The molecule has 110 valence electrons. The van der Waals surface area contributed by atoms with E-state index in [4.69, 9.17) is 5.73 Å². The summed E-state index contributed by atoms with van der Waals surface area (Å²) in [5.74, 6) is 1.40. The lowest BCUT2D eigenvalue weighted by Gasteiger charge is -2.12. The molecule has 0 fully saturated rings. The fraction of sp³-hybridized carbons (Fsp3) is 0.118. The average Bonchev–Trinajstić information content (AvgIpc) is 2.61. The number of pyridine rings is 1. The normalized spacial score (nSPS) is 11.9. The summed E-state index contributed by atoms with van der Waals surface area (Å²) in [5.41, 5.74) is 8.10. The molecule has 1 aromatic carbocycles. The molecule has 0 bridgehead atoms. The number of nitrogens with zero attached hydrogens (tertiary/aromatic N) is 3. The van der Waals surface area contributed by atoms with Crippen LogP contribution < -0.4 is 11.1 Å². The van der Waals surface area contributed by atoms with Crippen molar-refractivity contribution in [2.45, 2.75) is 6.04 Å². The van der Waals surface area contributed by atoms with Crippen LogP contribution in [0, 0.1) is 0 Å². The van der Waals surface area contributed by atoms with Crippen molar-refractivity contribution in [1.29, 1.82) is 0 Å². The monoisotopic (exact) mass is 291 g/mol. The number of benzene rings is 1. The third-order valence-electron chi connectivity index (χ3n) is 3.24. The van der Waals surface area contributed by atoms with Crippen LogP contribution in [0.15, 0.2) is 67.0 Å². The molecule has 0 aliphatic heterocycles. The summed E-state index contributed by atoms with van der Waals surface area (Å²) in [5, 5.41) is 3.19. The van der Waals surface area contributed by atoms with Crippen molar-refractivity contribution in [1.82, 2.24) is 15.0 Å². The predicted molar refractivity (Wildman–Crippen MR) is 87.1 cm³/mol. The van der Waals surface area contributed by atoms with E-state index in [2.05, 4.69) is 20.3 Å². The van der Waals surface area contributed by atoms with Gasteiger partial charge in [-0.25, -0.2) is 15.0 Å². The predicted octanol–water partition coefficient (Wildman–Crippen LogP) is 2.65. The molecular weight excluding hydrogens is 274 g/mol. The topological polar surface area (TPSA) is 76.7 Å². The van der Waals surface area contributed by atoms with Gasteiger partial charge in [0.15, 0.2) is 0 Å². The maximum Gasteiger partial charge on any atom is 0.147 e. The number of nitrogens with two attached hydrogens (primary N) is 1. The lowest BCUT2D eigenvalue weighted by molar-refractivity contribution is 0.701. The first-order chi connectivity index (χ1) is 10.8. The fourth-order valence-corrected chi connectivity index (χ4v) is 2.10. The third-order valence-corrected chi connectivity index (χ3v) is 3.24. The Labute approximate surface area is 129 Å². The number of anilines is 1. The van der Waals surface area contributed by atoms with Crippen LogP contribution in [0.25, 0.3) is 11.3 Å². The van der Waals surface area contributed by atoms with Gasteiger partial charge in [-0.3, -0.25) is 0 Å². The van der Waals surface area contributed by atoms with Crippen molar-refractivity contribution < 1.29 is 0 Å². The first kappa shape index (κ1) is 14.2. The van der Waals surface area contributed by atoms with Gasteiger partial charge in [0, 0.05) is 24.5 Å². The average molecular weight is 291 g/mol. The summed E-state index contributed by atoms with van der Waals surface area (Å²) < 4.78 is 0. The second-order valence-electron chi connectivity index (χ2n) is 4.87. The van der Waals surface area contributed by atoms with E-state index in [1.807, 2.05) is 54.6 Å². The zero-order valence-corrected chi connectivity index (χ0v) is 12.1. The second-order valence-corrected chi connectivity index (χ2v) is 4.87. The SMILES string of the molecule is NC(CNc1ccccn1)c1nccc(-c2ccccc2)n1. The van der Waals surface area contributed by atoms with Crippen LogP contribution in [-0.4, -0.2) is 21.5 Å². The number of aromatic nitrogens is 3. The van der Waals surface area contributed by atoms with Gasteiger partial charge in [-0.1, -0.05) is 36.4 Å². The van der Waals surface area contributed by atoms with E-state index in [1.165, 1.54) is 0 Å². The van der Waals surface area contributed by atoms with Crippen molar-refractivity contribution in [2.24, 2.45) is 5.73 Å². The lowest BCUT2D eigenvalue weighted by Crippen LogP contribution is -2.23. The first-order valence-electron chi connectivity index (χ1n) is 7.12. The van der Waals surface area contributed by atoms with Crippen molar-refractivity contribution in [2.75, 3.05) is 11.9 Å². The van der Waals surface area contributed by atoms with E-state index in [1.54, 1.807) is 12.4 Å². The van der Waals surface area contributed by atoms with E-state index in [-0.39, 0.29) is 6.04 Å². The van der Waals surface area contributed by atoms with Crippen molar-refractivity contribution in [3.05, 3.63) is 72.8 Å². The highest BCUT2D eigenvalue weighted by Crippen LogP contribution is 2.17.